The molecule has 1 aromatic carbocycles. The molecule has 0 unspecified atom stereocenters. The van der Waals surface area contributed by atoms with E-state index in [4.69, 9.17) is 5.26 Å². The first-order valence-electron chi connectivity index (χ1n) is 5.25. The highest BCUT2D eigenvalue weighted by atomic mass is 79.9. The van der Waals surface area contributed by atoms with E-state index in [-0.39, 0.29) is 0 Å². The number of rotatable bonds is 1. The molecule has 0 radical (unpaired) electrons. The van der Waals surface area contributed by atoms with Gasteiger partial charge < -0.3 is 0 Å². The second-order valence-corrected chi connectivity index (χ2v) is 4.84. The van der Waals surface area contributed by atoms with Crippen LogP contribution in [0.15, 0.2) is 22.7 Å². The normalized spacial score (nSPS) is 10.3. The summed E-state index contributed by atoms with van der Waals surface area (Å²) in [6.45, 7) is 4.16. The Kier molecular flexibility index (Phi) is 3.03. The van der Waals surface area contributed by atoms with Gasteiger partial charge in [-0.2, -0.15) is 10.4 Å². The van der Waals surface area contributed by atoms with Gasteiger partial charge in [0, 0.05) is 12.6 Å². The van der Waals surface area contributed by atoms with E-state index < -0.39 is 0 Å². The van der Waals surface area contributed by atoms with Crippen molar-refractivity contribution >= 4 is 15.9 Å². The van der Waals surface area contributed by atoms with Crippen LogP contribution in [-0.4, -0.2) is 9.78 Å². The summed E-state index contributed by atoms with van der Waals surface area (Å²) in [6, 6.07) is 8.31. The van der Waals surface area contributed by atoms with Crippen molar-refractivity contribution in [2.75, 3.05) is 0 Å². The largest absolute Gasteiger partial charge is 0.265 e. The Balaban J connectivity index is 2.65. The molecule has 0 aliphatic carbocycles. The van der Waals surface area contributed by atoms with Gasteiger partial charge in [-0.3, -0.25) is 4.68 Å². The summed E-state index contributed by atoms with van der Waals surface area (Å²) < 4.78 is 2.48. The molecule has 2 rings (SSSR count). The summed E-state index contributed by atoms with van der Waals surface area (Å²) in [5.74, 6) is 0. The van der Waals surface area contributed by atoms with E-state index in [0.717, 1.165) is 15.7 Å². The van der Waals surface area contributed by atoms with Crippen LogP contribution in [0.25, 0.3) is 11.3 Å². The molecule has 2 aromatic rings. The average molecular weight is 290 g/mol. The second kappa shape index (κ2) is 4.34. The zero-order chi connectivity index (χ0) is 12.6. The Morgan fingerprint density at radius 3 is 2.53 bits per heavy atom. The number of halogens is 1. The molecule has 0 saturated heterocycles. The van der Waals surface area contributed by atoms with Gasteiger partial charge in [0.25, 0.3) is 0 Å². The fraction of sp³-hybridized carbons (Fsp3) is 0.231. The number of nitrogens with zero attached hydrogens (tertiary/aromatic N) is 3. The van der Waals surface area contributed by atoms with Crippen LogP contribution in [0.2, 0.25) is 0 Å². The first-order chi connectivity index (χ1) is 8.04. The minimum Gasteiger partial charge on any atom is -0.265 e. The zero-order valence-electron chi connectivity index (χ0n) is 9.95. The molecule has 0 atom stereocenters. The van der Waals surface area contributed by atoms with Gasteiger partial charge in [-0.15, -0.1) is 0 Å². The van der Waals surface area contributed by atoms with Gasteiger partial charge in [-0.05, 0) is 47.0 Å². The minimum atomic E-state index is 0.417. The Hall–Kier alpha value is -1.60. The fourth-order valence-corrected chi connectivity index (χ4v) is 2.43. The number of hydrogen-bond acceptors (Lipinski definition) is 2. The van der Waals surface area contributed by atoms with E-state index >= 15 is 0 Å². The Labute approximate surface area is 109 Å². The molecule has 4 heteroatoms. The quantitative estimate of drug-likeness (QED) is 0.808. The van der Waals surface area contributed by atoms with Crippen LogP contribution in [0, 0.1) is 25.2 Å². The van der Waals surface area contributed by atoms with Crippen molar-refractivity contribution in [1.29, 1.82) is 5.26 Å². The molecule has 0 aliphatic heterocycles. The van der Waals surface area contributed by atoms with Crippen molar-refractivity contribution in [3.8, 4) is 17.3 Å². The first kappa shape index (κ1) is 11.9. The molecular weight excluding hydrogens is 278 g/mol. The topological polar surface area (TPSA) is 41.6 Å². The van der Waals surface area contributed by atoms with Crippen molar-refractivity contribution in [3.05, 3.63) is 39.5 Å². The highest BCUT2D eigenvalue weighted by molar-refractivity contribution is 9.10. The molecule has 1 aromatic heterocycles. The van der Waals surface area contributed by atoms with Gasteiger partial charge in [-0.25, -0.2) is 0 Å². The van der Waals surface area contributed by atoms with Gasteiger partial charge >= 0.3 is 0 Å². The summed E-state index contributed by atoms with van der Waals surface area (Å²) >= 11 is 3.44. The van der Waals surface area contributed by atoms with E-state index in [0.29, 0.717) is 5.69 Å². The second-order valence-electron chi connectivity index (χ2n) is 4.05. The van der Waals surface area contributed by atoms with E-state index in [1.165, 1.54) is 11.1 Å². The van der Waals surface area contributed by atoms with E-state index in [1.54, 1.807) is 4.68 Å². The third-order valence-electron chi connectivity index (χ3n) is 2.88. The summed E-state index contributed by atoms with van der Waals surface area (Å²) in [7, 11) is 1.84. The van der Waals surface area contributed by atoms with Crippen molar-refractivity contribution in [1.82, 2.24) is 9.78 Å². The molecule has 0 N–H and O–H groups in total. The molecule has 0 aliphatic rings. The van der Waals surface area contributed by atoms with Gasteiger partial charge in [0.15, 0.2) is 5.69 Å². The molecule has 1 heterocycles. The third-order valence-corrected chi connectivity index (χ3v) is 3.63. The number of nitriles is 1. The van der Waals surface area contributed by atoms with E-state index in [9.17, 15) is 0 Å². The number of hydrogen-bond donors (Lipinski definition) is 0. The number of aryl methyl sites for hydroxylation is 3. The maximum Gasteiger partial charge on any atom is 0.177 e. The van der Waals surface area contributed by atoms with Gasteiger partial charge in [0.1, 0.15) is 6.07 Å². The zero-order valence-corrected chi connectivity index (χ0v) is 11.5. The highest BCUT2D eigenvalue weighted by Gasteiger charge is 2.15. The summed E-state index contributed by atoms with van der Waals surface area (Å²) in [4.78, 5) is 0. The lowest BCUT2D eigenvalue weighted by Crippen LogP contribution is -1.94. The van der Waals surface area contributed by atoms with Crippen molar-refractivity contribution in [3.63, 3.8) is 0 Å². The van der Waals surface area contributed by atoms with Crippen LogP contribution < -0.4 is 0 Å². The van der Waals surface area contributed by atoms with Crippen molar-refractivity contribution in [2.24, 2.45) is 7.05 Å². The SMILES string of the molecule is Cc1ccc(-c2c(Br)c(C#N)nn2C)cc1C. The summed E-state index contributed by atoms with van der Waals surface area (Å²) in [6.07, 6.45) is 0. The van der Waals surface area contributed by atoms with E-state index in [2.05, 4.69) is 53.1 Å². The molecular formula is C13H12BrN3. The third kappa shape index (κ3) is 1.98. The van der Waals surface area contributed by atoms with Crippen LogP contribution in [0.4, 0.5) is 0 Å². The summed E-state index contributed by atoms with van der Waals surface area (Å²) in [5.41, 5.74) is 4.91. The van der Waals surface area contributed by atoms with Crippen LogP contribution >= 0.6 is 15.9 Å². The van der Waals surface area contributed by atoms with Gasteiger partial charge in [0.05, 0.1) is 10.2 Å². The molecule has 86 valence electrons. The predicted octanol–water partition coefficient (Wildman–Crippen LogP) is 3.34. The Bertz CT molecular complexity index is 620. The number of benzene rings is 1. The molecule has 0 amide bonds. The molecule has 17 heavy (non-hydrogen) atoms. The molecule has 0 saturated carbocycles. The first-order valence-corrected chi connectivity index (χ1v) is 6.04. The average Bonchev–Trinajstić information content (AvgIpc) is 2.58. The molecule has 0 fully saturated rings. The van der Waals surface area contributed by atoms with Crippen molar-refractivity contribution in [2.45, 2.75) is 13.8 Å². The van der Waals surface area contributed by atoms with Crippen LogP contribution in [0.3, 0.4) is 0 Å². The van der Waals surface area contributed by atoms with Crippen molar-refractivity contribution < 1.29 is 0 Å². The Morgan fingerprint density at radius 1 is 1.29 bits per heavy atom. The maximum atomic E-state index is 8.95. The lowest BCUT2D eigenvalue weighted by molar-refractivity contribution is 0.771. The predicted molar refractivity (Wildman–Crippen MR) is 70.5 cm³/mol. The highest BCUT2D eigenvalue weighted by Crippen LogP contribution is 2.31. The lowest BCUT2D eigenvalue weighted by atomic mass is 10.0. The fourth-order valence-electron chi connectivity index (χ4n) is 1.77. The lowest BCUT2D eigenvalue weighted by Gasteiger charge is -2.06. The molecule has 0 spiro atoms. The monoisotopic (exact) mass is 289 g/mol. The molecule has 3 nitrogen and oxygen atoms in total. The smallest absolute Gasteiger partial charge is 0.177 e. The standard InChI is InChI=1S/C13H12BrN3/c1-8-4-5-10(6-9(8)2)13-12(14)11(7-15)16-17(13)3/h4-6H,1-3H3. The van der Waals surface area contributed by atoms with Crippen LogP contribution in [-0.2, 0) is 7.05 Å². The van der Waals surface area contributed by atoms with Gasteiger partial charge in [-0.1, -0.05) is 12.1 Å². The van der Waals surface area contributed by atoms with E-state index in [1.807, 2.05) is 13.1 Å². The van der Waals surface area contributed by atoms with Gasteiger partial charge in [0.2, 0.25) is 0 Å². The Morgan fingerprint density at radius 2 is 2.00 bits per heavy atom. The molecule has 0 bridgehead atoms. The van der Waals surface area contributed by atoms with Crippen LogP contribution in [0.5, 0.6) is 0 Å². The maximum absolute atomic E-state index is 8.95. The number of aromatic nitrogens is 2. The summed E-state index contributed by atoms with van der Waals surface area (Å²) in [5, 5.41) is 13.1. The van der Waals surface area contributed by atoms with Crippen LogP contribution in [0.1, 0.15) is 16.8 Å². The minimum absolute atomic E-state index is 0.417.